The summed E-state index contributed by atoms with van der Waals surface area (Å²) in [6, 6.07) is 21.6. The zero-order valence-electron chi connectivity index (χ0n) is 19.8. The van der Waals surface area contributed by atoms with Gasteiger partial charge in [-0.25, -0.2) is 0 Å². The molecule has 174 valence electrons. The molecule has 3 aromatic rings. The monoisotopic (exact) mass is 455 g/mol. The third kappa shape index (κ3) is 6.90. The normalized spacial score (nSPS) is 11.2. The summed E-state index contributed by atoms with van der Waals surface area (Å²) in [6.07, 6.45) is 3.01. The number of nitrogens with one attached hydrogen (secondary N) is 3. The van der Waals surface area contributed by atoms with E-state index in [4.69, 9.17) is 0 Å². The van der Waals surface area contributed by atoms with Gasteiger partial charge in [0.15, 0.2) is 0 Å². The van der Waals surface area contributed by atoms with Crippen LogP contribution in [0.4, 0.5) is 5.69 Å². The zero-order chi connectivity index (χ0) is 24.7. The Morgan fingerprint density at radius 2 is 1.26 bits per heavy atom. The van der Waals surface area contributed by atoms with Crippen molar-refractivity contribution in [1.82, 2.24) is 10.9 Å². The molecule has 3 amide bonds. The lowest BCUT2D eigenvalue weighted by molar-refractivity contribution is -0.117. The van der Waals surface area contributed by atoms with Gasteiger partial charge in [0.2, 0.25) is 0 Å². The van der Waals surface area contributed by atoms with E-state index >= 15 is 0 Å². The molecular weight excluding hydrogens is 426 g/mol. The molecule has 6 nitrogen and oxygen atoms in total. The number of aryl methyl sites for hydroxylation is 1. The van der Waals surface area contributed by atoms with Crippen molar-refractivity contribution >= 4 is 29.5 Å². The molecule has 0 saturated carbocycles. The lowest BCUT2D eigenvalue weighted by Crippen LogP contribution is -2.40. The van der Waals surface area contributed by atoms with Gasteiger partial charge in [-0.05, 0) is 65.9 Å². The number of amides is 3. The molecular formula is C28H29N3O3. The maximum absolute atomic E-state index is 12.5. The van der Waals surface area contributed by atoms with Crippen molar-refractivity contribution in [2.45, 2.75) is 33.1 Å². The molecule has 0 aliphatic heterocycles. The van der Waals surface area contributed by atoms with E-state index in [1.165, 1.54) is 6.08 Å². The third-order valence-electron chi connectivity index (χ3n) is 5.22. The van der Waals surface area contributed by atoms with E-state index in [9.17, 15) is 14.4 Å². The van der Waals surface area contributed by atoms with Gasteiger partial charge in [0.05, 0.1) is 0 Å². The van der Waals surface area contributed by atoms with Crippen molar-refractivity contribution < 1.29 is 14.4 Å². The van der Waals surface area contributed by atoms with Crippen molar-refractivity contribution in [3.8, 4) is 0 Å². The largest absolute Gasteiger partial charge is 0.322 e. The molecule has 0 fully saturated rings. The van der Waals surface area contributed by atoms with Crippen molar-refractivity contribution in [2.24, 2.45) is 0 Å². The first-order valence-corrected chi connectivity index (χ1v) is 11.0. The second-order valence-electron chi connectivity index (χ2n) is 9.05. The molecule has 3 N–H and O–H groups in total. The minimum absolute atomic E-state index is 0.0161. The van der Waals surface area contributed by atoms with Gasteiger partial charge in [0.25, 0.3) is 17.7 Å². The van der Waals surface area contributed by atoms with Crippen LogP contribution in [-0.2, 0) is 10.2 Å². The van der Waals surface area contributed by atoms with Gasteiger partial charge >= 0.3 is 0 Å². The Hall–Kier alpha value is -4.19. The fraction of sp³-hybridized carbons (Fsp3) is 0.179. The van der Waals surface area contributed by atoms with E-state index in [-0.39, 0.29) is 11.3 Å². The highest BCUT2D eigenvalue weighted by molar-refractivity contribution is 6.04. The SMILES string of the molecule is Cc1ccc(/C=C/C(=O)NNC(=O)c2ccc(NC(=O)c3ccc(C(C)(C)C)cc3)cc2)cc1. The first-order valence-electron chi connectivity index (χ1n) is 11.0. The highest BCUT2D eigenvalue weighted by Crippen LogP contribution is 2.22. The van der Waals surface area contributed by atoms with Crippen LogP contribution in [0.5, 0.6) is 0 Å². The van der Waals surface area contributed by atoms with Gasteiger partial charge in [0, 0.05) is 22.9 Å². The van der Waals surface area contributed by atoms with Crippen LogP contribution in [0.25, 0.3) is 6.08 Å². The maximum Gasteiger partial charge on any atom is 0.269 e. The summed E-state index contributed by atoms with van der Waals surface area (Å²) in [5.41, 5.74) is 9.36. The molecule has 0 unspecified atom stereocenters. The minimum atomic E-state index is -0.465. The molecule has 0 radical (unpaired) electrons. The van der Waals surface area contributed by atoms with Crippen LogP contribution in [0.2, 0.25) is 0 Å². The topological polar surface area (TPSA) is 87.3 Å². The van der Waals surface area contributed by atoms with E-state index in [0.29, 0.717) is 16.8 Å². The quantitative estimate of drug-likeness (QED) is 0.373. The van der Waals surface area contributed by atoms with E-state index < -0.39 is 11.8 Å². The van der Waals surface area contributed by atoms with Gasteiger partial charge in [-0.15, -0.1) is 0 Å². The molecule has 0 aliphatic rings. The maximum atomic E-state index is 12.5. The van der Waals surface area contributed by atoms with Gasteiger partial charge in [-0.3, -0.25) is 25.2 Å². The van der Waals surface area contributed by atoms with Crippen LogP contribution in [0, 0.1) is 6.92 Å². The first kappa shape index (κ1) is 24.5. The summed E-state index contributed by atoms with van der Waals surface area (Å²) in [5, 5.41) is 2.82. The smallest absolute Gasteiger partial charge is 0.269 e. The number of carbonyl (C=O) groups is 3. The summed E-state index contributed by atoms with van der Waals surface area (Å²) in [6.45, 7) is 8.34. The lowest BCUT2D eigenvalue weighted by Gasteiger charge is -2.19. The van der Waals surface area contributed by atoms with Gasteiger partial charge in [0.1, 0.15) is 0 Å². The Labute approximate surface area is 200 Å². The Bertz CT molecular complexity index is 1190. The Kier molecular flexibility index (Phi) is 7.64. The number of anilines is 1. The molecule has 0 heterocycles. The highest BCUT2D eigenvalue weighted by atomic mass is 16.2. The van der Waals surface area contributed by atoms with Crippen molar-refractivity contribution in [1.29, 1.82) is 0 Å². The standard InChI is InChI=1S/C28H29N3O3/c1-19-5-7-20(8-6-19)9-18-25(32)30-31-27(34)22-12-16-24(17-13-22)29-26(33)21-10-14-23(15-11-21)28(2,3)4/h5-18H,1-4H3,(H,29,33)(H,30,32)(H,31,34)/b18-9+. The van der Waals surface area contributed by atoms with Gasteiger partial charge in [-0.1, -0.05) is 62.7 Å². The van der Waals surface area contributed by atoms with Crippen LogP contribution in [0.1, 0.15) is 58.2 Å². The van der Waals surface area contributed by atoms with Crippen molar-refractivity contribution in [3.63, 3.8) is 0 Å². The first-order chi connectivity index (χ1) is 16.1. The summed E-state index contributed by atoms with van der Waals surface area (Å²) in [5.74, 6) is -1.15. The second-order valence-corrected chi connectivity index (χ2v) is 9.05. The van der Waals surface area contributed by atoms with E-state index in [2.05, 4.69) is 36.9 Å². The lowest BCUT2D eigenvalue weighted by atomic mass is 9.87. The summed E-state index contributed by atoms with van der Waals surface area (Å²) in [4.78, 5) is 36.7. The number of carbonyl (C=O) groups excluding carboxylic acids is 3. The molecule has 0 saturated heterocycles. The number of hydrogen-bond donors (Lipinski definition) is 3. The minimum Gasteiger partial charge on any atom is -0.322 e. The number of rotatable bonds is 5. The Balaban J connectivity index is 1.51. The molecule has 0 bridgehead atoms. The fourth-order valence-corrected chi connectivity index (χ4v) is 3.11. The van der Waals surface area contributed by atoms with Crippen LogP contribution >= 0.6 is 0 Å². The molecule has 3 aromatic carbocycles. The van der Waals surface area contributed by atoms with Crippen LogP contribution in [0.3, 0.4) is 0 Å². The van der Waals surface area contributed by atoms with E-state index in [1.54, 1.807) is 42.5 Å². The molecule has 0 aliphatic carbocycles. The molecule has 34 heavy (non-hydrogen) atoms. The second kappa shape index (κ2) is 10.6. The third-order valence-corrected chi connectivity index (χ3v) is 5.22. The van der Waals surface area contributed by atoms with E-state index in [0.717, 1.165) is 16.7 Å². The average Bonchev–Trinajstić information content (AvgIpc) is 2.82. The molecule has 6 heteroatoms. The average molecular weight is 456 g/mol. The summed E-state index contributed by atoms with van der Waals surface area (Å²) < 4.78 is 0. The van der Waals surface area contributed by atoms with Gasteiger partial charge < -0.3 is 5.32 Å². The molecule has 0 spiro atoms. The summed E-state index contributed by atoms with van der Waals surface area (Å²) in [7, 11) is 0. The predicted molar refractivity (Wildman–Crippen MR) is 135 cm³/mol. The molecule has 0 atom stereocenters. The summed E-state index contributed by atoms with van der Waals surface area (Å²) >= 11 is 0. The number of hydrogen-bond acceptors (Lipinski definition) is 3. The zero-order valence-corrected chi connectivity index (χ0v) is 19.8. The van der Waals surface area contributed by atoms with Crippen molar-refractivity contribution in [3.05, 3.63) is 107 Å². The van der Waals surface area contributed by atoms with E-state index in [1.807, 2.05) is 43.3 Å². The van der Waals surface area contributed by atoms with Gasteiger partial charge in [-0.2, -0.15) is 0 Å². The van der Waals surface area contributed by atoms with Crippen LogP contribution in [-0.4, -0.2) is 17.7 Å². The Morgan fingerprint density at radius 3 is 1.85 bits per heavy atom. The number of benzene rings is 3. The molecule has 0 aromatic heterocycles. The number of hydrazine groups is 1. The Morgan fingerprint density at radius 1 is 0.706 bits per heavy atom. The van der Waals surface area contributed by atoms with Crippen LogP contribution in [0.15, 0.2) is 78.9 Å². The van der Waals surface area contributed by atoms with Crippen molar-refractivity contribution in [2.75, 3.05) is 5.32 Å². The highest BCUT2D eigenvalue weighted by Gasteiger charge is 2.14. The fourth-order valence-electron chi connectivity index (χ4n) is 3.11. The predicted octanol–water partition coefficient (Wildman–Crippen LogP) is 5.02. The molecule has 3 rings (SSSR count). The van der Waals surface area contributed by atoms with Crippen LogP contribution < -0.4 is 16.2 Å².